The van der Waals surface area contributed by atoms with Crippen molar-refractivity contribution in [1.29, 1.82) is 5.26 Å². The van der Waals surface area contributed by atoms with Crippen molar-refractivity contribution in [2.45, 2.75) is 70.3 Å². The van der Waals surface area contributed by atoms with E-state index in [2.05, 4.69) is 55.1 Å². The van der Waals surface area contributed by atoms with Crippen LogP contribution in [-0.2, 0) is 11.8 Å². The third-order valence-corrected chi connectivity index (χ3v) is 7.55. The van der Waals surface area contributed by atoms with E-state index in [0.717, 1.165) is 63.6 Å². The van der Waals surface area contributed by atoms with Gasteiger partial charge in [0.05, 0.1) is 21.5 Å². The molecule has 2 nitrogen and oxygen atoms in total. The van der Waals surface area contributed by atoms with E-state index in [-0.39, 0.29) is 0 Å². The largest absolute Gasteiger partial charge is 0.300 e. The fourth-order valence-corrected chi connectivity index (χ4v) is 5.16. The van der Waals surface area contributed by atoms with Crippen LogP contribution in [0.25, 0.3) is 0 Å². The second kappa shape index (κ2) is 11.4. The van der Waals surface area contributed by atoms with Crippen LogP contribution in [0.1, 0.15) is 63.5 Å². The van der Waals surface area contributed by atoms with Crippen LogP contribution >= 0.6 is 23.2 Å². The third-order valence-electron chi connectivity index (χ3n) is 6.81. The second-order valence-corrected chi connectivity index (χ2v) is 9.67. The predicted octanol–water partition coefficient (Wildman–Crippen LogP) is 7.68. The topological polar surface area (TPSA) is 27.0 Å². The molecule has 3 rings (SSSR count). The Hall–Kier alpha value is -1.53. The molecule has 1 aliphatic rings. The summed E-state index contributed by atoms with van der Waals surface area (Å²) in [6.45, 7) is 6.69. The van der Waals surface area contributed by atoms with Gasteiger partial charge in [-0.25, -0.2) is 0 Å². The van der Waals surface area contributed by atoms with E-state index >= 15 is 0 Å². The molecule has 0 heterocycles. The van der Waals surface area contributed by atoms with Gasteiger partial charge >= 0.3 is 0 Å². The molecule has 0 bridgehead atoms. The molecule has 2 atom stereocenters. The van der Waals surface area contributed by atoms with Crippen molar-refractivity contribution in [3.8, 4) is 6.07 Å². The van der Waals surface area contributed by atoms with Crippen molar-refractivity contribution in [3.63, 3.8) is 0 Å². The molecule has 0 saturated heterocycles. The van der Waals surface area contributed by atoms with Gasteiger partial charge < -0.3 is 4.90 Å². The number of hydrogen-bond acceptors (Lipinski definition) is 2. The van der Waals surface area contributed by atoms with Gasteiger partial charge in [-0.2, -0.15) is 5.26 Å². The minimum Gasteiger partial charge on any atom is -0.300 e. The average Bonchev–Trinajstić information content (AvgIpc) is 3.64. The third kappa shape index (κ3) is 6.04. The summed E-state index contributed by atoms with van der Waals surface area (Å²) in [5.74, 6) is 0.427. The Morgan fingerprint density at radius 3 is 2.39 bits per heavy atom. The van der Waals surface area contributed by atoms with E-state index in [0.29, 0.717) is 22.0 Å². The number of rotatable bonds is 12. The van der Waals surface area contributed by atoms with Crippen LogP contribution in [0.2, 0.25) is 10.0 Å². The molecule has 0 radical (unpaired) electrons. The monoisotopic (exact) mass is 456 g/mol. The standard InChI is InChI=1S/C27H34Cl2N2/c1-3-17-31(18-15-21-8-6-5-7-9-21)24(4-2)14-16-27(20-30,22-10-11-22)23-12-13-25(28)26(29)19-23/h5-9,12-13,19,22,24H,3-4,10-11,14-18H2,1-2H3. The van der Waals surface area contributed by atoms with Gasteiger partial charge in [-0.1, -0.05) is 73.4 Å². The molecule has 2 aromatic carbocycles. The molecule has 1 fully saturated rings. The summed E-state index contributed by atoms with van der Waals surface area (Å²) < 4.78 is 0. The van der Waals surface area contributed by atoms with Gasteiger partial charge in [-0.3, -0.25) is 0 Å². The minimum absolute atomic E-state index is 0.427. The van der Waals surface area contributed by atoms with Crippen LogP contribution < -0.4 is 0 Å². The first-order chi connectivity index (χ1) is 15.0. The highest BCUT2D eigenvalue weighted by atomic mass is 35.5. The molecule has 166 valence electrons. The summed E-state index contributed by atoms with van der Waals surface area (Å²) in [5.41, 5.74) is 1.96. The molecule has 0 spiro atoms. The number of nitriles is 1. The Balaban J connectivity index is 1.74. The van der Waals surface area contributed by atoms with Crippen molar-refractivity contribution in [2.75, 3.05) is 13.1 Å². The fraction of sp³-hybridized carbons (Fsp3) is 0.519. The average molecular weight is 457 g/mol. The molecular formula is C27H34Cl2N2. The molecule has 4 heteroatoms. The molecule has 1 aliphatic carbocycles. The van der Waals surface area contributed by atoms with Crippen LogP contribution in [0, 0.1) is 17.2 Å². The maximum Gasteiger partial charge on any atom is 0.0851 e. The number of hydrogen-bond donors (Lipinski definition) is 0. The fourth-order valence-electron chi connectivity index (χ4n) is 4.87. The van der Waals surface area contributed by atoms with Gasteiger partial charge in [0.25, 0.3) is 0 Å². The van der Waals surface area contributed by atoms with E-state index in [4.69, 9.17) is 23.2 Å². The zero-order valence-corrected chi connectivity index (χ0v) is 20.3. The zero-order valence-electron chi connectivity index (χ0n) is 18.8. The molecule has 2 aromatic rings. The molecule has 2 unspecified atom stereocenters. The Morgan fingerprint density at radius 1 is 1.06 bits per heavy atom. The van der Waals surface area contributed by atoms with Crippen molar-refractivity contribution >= 4 is 23.2 Å². The van der Waals surface area contributed by atoms with E-state index in [9.17, 15) is 5.26 Å². The Bertz CT molecular complexity index is 873. The summed E-state index contributed by atoms with van der Waals surface area (Å²) in [6.07, 6.45) is 7.45. The maximum atomic E-state index is 10.3. The lowest BCUT2D eigenvalue weighted by Crippen LogP contribution is -2.39. The van der Waals surface area contributed by atoms with Crippen LogP contribution in [0.15, 0.2) is 48.5 Å². The smallest absolute Gasteiger partial charge is 0.0851 e. The predicted molar refractivity (Wildman–Crippen MR) is 132 cm³/mol. The first-order valence-electron chi connectivity index (χ1n) is 11.7. The molecule has 1 saturated carbocycles. The van der Waals surface area contributed by atoms with Crippen LogP contribution in [-0.4, -0.2) is 24.0 Å². The lowest BCUT2D eigenvalue weighted by Gasteiger charge is -2.35. The van der Waals surface area contributed by atoms with Gasteiger partial charge in [0.1, 0.15) is 0 Å². The van der Waals surface area contributed by atoms with Crippen molar-refractivity contribution in [3.05, 3.63) is 69.7 Å². The maximum absolute atomic E-state index is 10.3. The van der Waals surface area contributed by atoms with Crippen molar-refractivity contribution in [2.24, 2.45) is 5.92 Å². The number of halogens is 2. The Labute approximate surface area is 198 Å². The highest BCUT2D eigenvalue weighted by Gasteiger charge is 2.47. The van der Waals surface area contributed by atoms with E-state index in [1.807, 2.05) is 18.2 Å². The SMILES string of the molecule is CCCN(CCc1ccccc1)C(CC)CCC(C#N)(c1ccc(Cl)c(Cl)c1)C1CC1. The lowest BCUT2D eigenvalue weighted by atomic mass is 9.73. The van der Waals surface area contributed by atoms with Gasteiger partial charge in [0.2, 0.25) is 0 Å². The summed E-state index contributed by atoms with van der Waals surface area (Å²) in [6, 6.07) is 19.7. The summed E-state index contributed by atoms with van der Waals surface area (Å²) in [7, 11) is 0. The Kier molecular flexibility index (Phi) is 8.85. The molecular weight excluding hydrogens is 423 g/mol. The van der Waals surface area contributed by atoms with Crippen LogP contribution in [0.5, 0.6) is 0 Å². The van der Waals surface area contributed by atoms with Crippen LogP contribution in [0.4, 0.5) is 0 Å². The highest BCUT2D eigenvalue weighted by molar-refractivity contribution is 6.42. The van der Waals surface area contributed by atoms with Crippen molar-refractivity contribution < 1.29 is 0 Å². The van der Waals surface area contributed by atoms with Gasteiger partial charge in [-0.05, 0) is 80.7 Å². The summed E-state index contributed by atoms with van der Waals surface area (Å²) in [4.78, 5) is 2.64. The van der Waals surface area contributed by atoms with Crippen LogP contribution in [0.3, 0.4) is 0 Å². The second-order valence-electron chi connectivity index (χ2n) is 8.86. The van der Waals surface area contributed by atoms with Crippen molar-refractivity contribution in [1.82, 2.24) is 4.90 Å². The highest BCUT2D eigenvalue weighted by Crippen LogP contribution is 2.51. The molecule has 0 aliphatic heterocycles. The molecule has 0 N–H and O–H groups in total. The lowest BCUT2D eigenvalue weighted by molar-refractivity contribution is 0.172. The number of benzene rings is 2. The number of nitrogens with zero attached hydrogens (tertiary/aromatic N) is 2. The zero-order chi connectivity index (χ0) is 22.3. The molecule has 0 aromatic heterocycles. The molecule has 31 heavy (non-hydrogen) atoms. The first kappa shape index (κ1) is 24.1. The van der Waals surface area contributed by atoms with E-state index in [1.54, 1.807) is 0 Å². The van der Waals surface area contributed by atoms with Gasteiger partial charge in [0.15, 0.2) is 0 Å². The summed E-state index contributed by atoms with van der Waals surface area (Å²) >= 11 is 12.5. The van der Waals surface area contributed by atoms with Gasteiger partial charge in [0, 0.05) is 12.6 Å². The Morgan fingerprint density at radius 2 is 1.81 bits per heavy atom. The summed E-state index contributed by atoms with van der Waals surface area (Å²) in [5, 5.41) is 11.4. The van der Waals surface area contributed by atoms with E-state index in [1.165, 1.54) is 5.56 Å². The normalized spacial score (nSPS) is 16.6. The minimum atomic E-state index is -0.459. The molecule has 0 amide bonds. The quantitative estimate of drug-likeness (QED) is 0.327. The van der Waals surface area contributed by atoms with Gasteiger partial charge in [-0.15, -0.1) is 0 Å². The van der Waals surface area contributed by atoms with E-state index < -0.39 is 5.41 Å². The first-order valence-corrected chi connectivity index (χ1v) is 12.4.